The Kier molecular flexibility index (Phi) is 7.23. The van der Waals surface area contributed by atoms with Gasteiger partial charge in [-0.3, -0.25) is 0 Å². The Hall–Kier alpha value is -2.99. The lowest BCUT2D eigenvalue weighted by atomic mass is 9.77. The van der Waals surface area contributed by atoms with E-state index in [-0.39, 0.29) is 6.04 Å². The molecule has 0 aromatic carbocycles. The molecule has 6 heteroatoms. The van der Waals surface area contributed by atoms with E-state index < -0.39 is 0 Å². The van der Waals surface area contributed by atoms with Gasteiger partial charge in [-0.1, -0.05) is 90.5 Å². The summed E-state index contributed by atoms with van der Waals surface area (Å²) in [6, 6.07) is 0.235. The molecule has 1 radical (unpaired) electrons. The molecule has 2 aliphatic carbocycles. The van der Waals surface area contributed by atoms with Crippen molar-refractivity contribution in [1.82, 2.24) is 25.0 Å². The third-order valence-electron chi connectivity index (χ3n) is 5.25. The van der Waals surface area contributed by atoms with Crippen molar-refractivity contribution in [2.24, 2.45) is 0 Å². The van der Waals surface area contributed by atoms with Gasteiger partial charge in [-0.05, 0) is 37.4 Å². The van der Waals surface area contributed by atoms with Gasteiger partial charge in [0.25, 0.3) is 0 Å². The maximum Gasteiger partial charge on any atom is 0.247 e. The van der Waals surface area contributed by atoms with Gasteiger partial charge in [0.05, 0.1) is 6.04 Å². The van der Waals surface area contributed by atoms with Crippen LogP contribution in [0.4, 0.5) is 0 Å². The van der Waals surface area contributed by atoms with E-state index in [1.165, 1.54) is 5.47 Å². The van der Waals surface area contributed by atoms with Crippen LogP contribution >= 0.6 is 0 Å². The Balaban J connectivity index is 1.42. The highest BCUT2D eigenvalue weighted by molar-refractivity contribution is 6.43. The predicted molar refractivity (Wildman–Crippen MR) is 124 cm³/mol. The molecule has 30 heavy (non-hydrogen) atoms. The van der Waals surface area contributed by atoms with Crippen LogP contribution in [0.25, 0.3) is 5.57 Å². The second-order valence-electron chi connectivity index (χ2n) is 7.57. The van der Waals surface area contributed by atoms with Gasteiger partial charge in [-0.15, -0.1) is 10.2 Å². The minimum absolute atomic E-state index is 0.235. The van der Waals surface area contributed by atoms with Crippen molar-refractivity contribution in [1.29, 1.82) is 0 Å². The van der Waals surface area contributed by atoms with E-state index >= 15 is 0 Å². The minimum atomic E-state index is 0.235. The Morgan fingerprint density at radius 2 is 1.73 bits per heavy atom. The lowest BCUT2D eigenvalue weighted by molar-refractivity contribution is 0.238. The van der Waals surface area contributed by atoms with Crippen LogP contribution in [0.15, 0.2) is 90.5 Å². The largest absolute Gasteiger partial charge is 0.340 e. The van der Waals surface area contributed by atoms with E-state index in [2.05, 4.69) is 83.3 Å². The van der Waals surface area contributed by atoms with Gasteiger partial charge in [0.2, 0.25) is 13.2 Å². The highest BCUT2D eigenvalue weighted by Crippen LogP contribution is 2.22. The van der Waals surface area contributed by atoms with Crippen molar-refractivity contribution in [2.75, 3.05) is 13.1 Å². The minimum Gasteiger partial charge on any atom is -0.340 e. The van der Waals surface area contributed by atoms with Crippen LogP contribution in [-0.2, 0) is 0 Å². The zero-order valence-electron chi connectivity index (χ0n) is 17.2. The number of aromatic nitrogens is 4. The Morgan fingerprint density at radius 3 is 2.73 bits per heavy atom. The van der Waals surface area contributed by atoms with Crippen LogP contribution < -0.4 is 0 Å². The standard InChI is InChI=1S/C24H27BN5/c1-2-6-10-15-21(14-9-5-1)24-26-28-30(27-24)23-18-13-19-29(20-23)25-22-16-11-7-3-4-8-12-17-22/h1-7,9-12,14,16-17,23H,8,13,15,18-20H2/b2-1-,4-3-,9-5-,10-6-,11-7-,17-12?,21-14+,22-16+. The normalized spacial score (nSPS) is 31.1. The van der Waals surface area contributed by atoms with E-state index in [1.807, 2.05) is 29.1 Å². The van der Waals surface area contributed by atoms with Crippen LogP contribution in [0.1, 0.15) is 37.5 Å². The molecule has 1 atom stereocenters. The summed E-state index contributed by atoms with van der Waals surface area (Å²) in [5, 5.41) is 13.5. The zero-order valence-corrected chi connectivity index (χ0v) is 17.2. The first-order valence-corrected chi connectivity index (χ1v) is 10.7. The predicted octanol–water partition coefficient (Wildman–Crippen LogP) is 4.34. The molecule has 0 amide bonds. The lowest BCUT2D eigenvalue weighted by Crippen LogP contribution is -2.40. The van der Waals surface area contributed by atoms with Crippen molar-refractivity contribution in [3.05, 3.63) is 96.4 Å². The SMILES string of the molecule is [B](/C1=C/C=C\C=C/CC=C1)N1CCCC(n2nnc(/C3=C/C=C\C=C/C=C\C3)n2)C1. The molecule has 0 N–H and O–H groups in total. The number of piperidine rings is 1. The molecule has 1 unspecified atom stereocenters. The van der Waals surface area contributed by atoms with Crippen molar-refractivity contribution < 1.29 is 0 Å². The fraction of sp³-hybridized carbons (Fsp3) is 0.292. The van der Waals surface area contributed by atoms with E-state index in [0.717, 1.165) is 44.3 Å². The van der Waals surface area contributed by atoms with Crippen LogP contribution in [-0.4, -0.2) is 45.5 Å². The van der Waals surface area contributed by atoms with E-state index in [9.17, 15) is 0 Å². The topological polar surface area (TPSA) is 46.8 Å². The number of hydrogen-bond acceptors (Lipinski definition) is 4. The summed E-state index contributed by atoms with van der Waals surface area (Å²) in [4.78, 5) is 4.19. The quantitative estimate of drug-likeness (QED) is 0.711. The average Bonchev–Trinajstić information content (AvgIpc) is 3.32. The summed E-state index contributed by atoms with van der Waals surface area (Å²) in [6.45, 7) is 1.95. The van der Waals surface area contributed by atoms with E-state index in [1.54, 1.807) is 0 Å². The maximum atomic E-state index is 4.73. The summed E-state index contributed by atoms with van der Waals surface area (Å²) >= 11 is 0. The molecule has 5 nitrogen and oxygen atoms in total. The molecule has 151 valence electrons. The third-order valence-corrected chi connectivity index (χ3v) is 5.25. The van der Waals surface area contributed by atoms with Gasteiger partial charge in [-0.25, -0.2) is 0 Å². The highest BCUT2D eigenvalue weighted by atomic mass is 15.6. The summed E-state index contributed by atoms with van der Waals surface area (Å²) in [6.07, 6.45) is 33.2. The fourth-order valence-electron chi connectivity index (χ4n) is 3.69. The first-order valence-electron chi connectivity index (χ1n) is 10.7. The number of allylic oxidation sites excluding steroid dienone is 16. The molecule has 1 aromatic rings. The van der Waals surface area contributed by atoms with Gasteiger partial charge < -0.3 is 4.81 Å². The van der Waals surface area contributed by atoms with Crippen molar-refractivity contribution in [3.63, 3.8) is 0 Å². The van der Waals surface area contributed by atoms with Gasteiger partial charge in [0.1, 0.15) is 0 Å². The van der Waals surface area contributed by atoms with Crippen LogP contribution in [0.3, 0.4) is 0 Å². The molecule has 3 aliphatic rings. The van der Waals surface area contributed by atoms with Gasteiger partial charge >= 0.3 is 0 Å². The molecule has 1 aliphatic heterocycles. The molecule has 1 aromatic heterocycles. The highest BCUT2D eigenvalue weighted by Gasteiger charge is 2.24. The monoisotopic (exact) mass is 396 g/mol. The molecule has 0 bridgehead atoms. The number of rotatable bonds is 4. The average molecular weight is 396 g/mol. The molecular formula is C24H27BN5. The van der Waals surface area contributed by atoms with Crippen LogP contribution in [0.2, 0.25) is 0 Å². The summed E-state index contributed by atoms with van der Waals surface area (Å²) < 4.78 is 0. The molecule has 2 heterocycles. The van der Waals surface area contributed by atoms with E-state index in [0.29, 0.717) is 5.82 Å². The van der Waals surface area contributed by atoms with Crippen molar-refractivity contribution >= 4 is 13.0 Å². The van der Waals surface area contributed by atoms with Crippen molar-refractivity contribution in [3.8, 4) is 0 Å². The zero-order chi connectivity index (χ0) is 20.4. The summed E-state index contributed by atoms with van der Waals surface area (Å²) in [5.74, 6) is 0.715. The lowest BCUT2D eigenvalue weighted by Gasteiger charge is -2.31. The summed E-state index contributed by atoms with van der Waals surface area (Å²) in [5.41, 5.74) is 2.30. The van der Waals surface area contributed by atoms with E-state index in [4.69, 9.17) is 5.10 Å². The van der Waals surface area contributed by atoms with Gasteiger partial charge in [-0.2, -0.15) is 4.80 Å². The fourth-order valence-corrected chi connectivity index (χ4v) is 3.69. The number of hydrogen-bond donors (Lipinski definition) is 0. The molecule has 1 saturated heterocycles. The number of nitrogens with zero attached hydrogens (tertiary/aromatic N) is 5. The second kappa shape index (κ2) is 10.7. The maximum absolute atomic E-state index is 4.73. The third kappa shape index (κ3) is 5.77. The molecular weight excluding hydrogens is 369 g/mol. The van der Waals surface area contributed by atoms with Crippen LogP contribution in [0, 0.1) is 0 Å². The van der Waals surface area contributed by atoms with Crippen LogP contribution in [0.5, 0.6) is 0 Å². The van der Waals surface area contributed by atoms with Gasteiger partial charge in [0.15, 0.2) is 0 Å². The Bertz CT molecular complexity index is 958. The number of tetrazole rings is 1. The smallest absolute Gasteiger partial charge is 0.247 e. The Morgan fingerprint density at radius 1 is 0.900 bits per heavy atom. The summed E-state index contributed by atoms with van der Waals surface area (Å²) in [7, 11) is 2.25. The first-order chi connectivity index (χ1) is 14.9. The molecule has 0 spiro atoms. The molecule has 4 rings (SSSR count). The molecule has 1 fully saturated rings. The van der Waals surface area contributed by atoms with Crippen molar-refractivity contribution in [2.45, 2.75) is 31.7 Å². The second-order valence-corrected chi connectivity index (χ2v) is 7.57. The first kappa shape index (κ1) is 20.3. The van der Waals surface area contributed by atoms with Gasteiger partial charge in [0, 0.05) is 12.1 Å². The molecule has 0 saturated carbocycles. The Labute approximate surface area is 179 Å².